The number of nitrogens with two attached hydrogens (primary N) is 1. The molecule has 1 aromatic heterocycles. The van der Waals surface area contributed by atoms with E-state index < -0.39 is 15.6 Å². The molecule has 18 heavy (non-hydrogen) atoms. The van der Waals surface area contributed by atoms with Crippen molar-refractivity contribution in [3.63, 3.8) is 0 Å². The summed E-state index contributed by atoms with van der Waals surface area (Å²) in [5.74, 6) is -0.300. The van der Waals surface area contributed by atoms with E-state index in [2.05, 4.69) is 15.4 Å². The van der Waals surface area contributed by atoms with Gasteiger partial charge in [-0.25, -0.2) is 8.42 Å². The van der Waals surface area contributed by atoms with Crippen molar-refractivity contribution >= 4 is 27.1 Å². The van der Waals surface area contributed by atoms with Gasteiger partial charge in [0.2, 0.25) is 0 Å². The number of rotatable bonds is 3. The molecule has 0 unspecified atom stereocenters. The van der Waals surface area contributed by atoms with Crippen molar-refractivity contribution in [3.05, 3.63) is 29.0 Å². The maximum absolute atomic E-state index is 12.2. The molecule has 0 bridgehead atoms. The van der Waals surface area contributed by atoms with E-state index in [0.717, 1.165) is 0 Å². The Hall–Kier alpha value is -1.67. The molecule has 2 rings (SSSR count). The Labute approximate surface area is 108 Å². The summed E-state index contributed by atoms with van der Waals surface area (Å²) in [6.07, 6.45) is 0. The maximum atomic E-state index is 12.2. The number of halogens is 1. The van der Waals surface area contributed by atoms with E-state index in [1.165, 1.54) is 16.9 Å². The molecule has 2 aromatic rings. The summed E-state index contributed by atoms with van der Waals surface area (Å²) in [5.41, 5.74) is 5.74. The fraction of sp³-hybridized carbons (Fsp3) is 0.222. The van der Waals surface area contributed by atoms with Gasteiger partial charge in [0, 0.05) is 0 Å². The standard InChI is InChI=1S/C9H10ClN5O2S/c1-15-13-8(12-14-15)5-18(16,17)9-6(10)3-2-4-7(9)11/h2-4H,5,11H2,1H3. The molecule has 1 heterocycles. The summed E-state index contributed by atoms with van der Waals surface area (Å²) in [6.45, 7) is 0. The predicted molar refractivity (Wildman–Crippen MR) is 65.6 cm³/mol. The Morgan fingerprint density at radius 3 is 2.72 bits per heavy atom. The van der Waals surface area contributed by atoms with Gasteiger partial charge in [-0.3, -0.25) is 0 Å². The first-order valence-corrected chi connectivity index (χ1v) is 6.93. The van der Waals surface area contributed by atoms with Crippen LogP contribution in [-0.4, -0.2) is 28.6 Å². The van der Waals surface area contributed by atoms with Crippen LogP contribution in [0.4, 0.5) is 5.69 Å². The van der Waals surface area contributed by atoms with Gasteiger partial charge < -0.3 is 5.73 Å². The summed E-state index contributed by atoms with van der Waals surface area (Å²) in [5, 5.41) is 11.1. The number of hydrogen-bond donors (Lipinski definition) is 1. The van der Waals surface area contributed by atoms with Crippen LogP contribution in [0.15, 0.2) is 23.1 Å². The topological polar surface area (TPSA) is 104 Å². The van der Waals surface area contributed by atoms with Gasteiger partial charge in [0.05, 0.1) is 17.8 Å². The van der Waals surface area contributed by atoms with Crippen molar-refractivity contribution in [3.8, 4) is 0 Å². The fourth-order valence-corrected chi connectivity index (χ4v) is 3.40. The zero-order valence-electron chi connectivity index (χ0n) is 9.41. The summed E-state index contributed by atoms with van der Waals surface area (Å²) in [7, 11) is -2.15. The first-order valence-electron chi connectivity index (χ1n) is 4.90. The Morgan fingerprint density at radius 2 is 2.17 bits per heavy atom. The second-order valence-electron chi connectivity index (χ2n) is 3.61. The lowest BCUT2D eigenvalue weighted by molar-refractivity contribution is 0.593. The SMILES string of the molecule is Cn1nnc(CS(=O)(=O)c2c(N)cccc2Cl)n1. The van der Waals surface area contributed by atoms with Crippen LogP contribution in [0.3, 0.4) is 0 Å². The first-order chi connectivity index (χ1) is 8.40. The minimum absolute atomic E-state index is 0.0823. The minimum Gasteiger partial charge on any atom is -0.398 e. The van der Waals surface area contributed by atoms with Crippen LogP contribution in [0.1, 0.15) is 5.82 Å². The molecular formula is C9H10ClN5O2S. The van der Waals surface area contributed by atoms with Crippen LogP contribution in [-0.2, 0) is 22.6 Å². The van der Waals surface area contributed by atoms with Crippen molar-refractivity contribution in [2.24, 2.45) is 7.05 Å². The summed E-state index contributed by atoms with van der Waals surface area (Å²) in [6, 6.07) is 4.52. The average Bonchev–Trinajstić information content (AvgIpc) is 2.62. The molecule has 96 valence electrons. The number of nitrogens with zero attached hydrogens (tertiary/aromatic N) is 4. The lowest BCUT2D eigenvalue weighted by atomic mass is 10.3. The highest BCUT2D eigenvalue weighted by atomic mass is 35.5. The van der Waals surface area contributed by atoms with Gasteiger partial charge >= 0.3 is 0 Å². The number of nitrogen functional groups attached to an aromatic ring is 1. The average molecular weight is 288 g/mol. The number of anilines is 1. The molecule has 1 aromatic carbocycles. The molecule has 0 fully saturated rings. The van der Waals surface area contributed by atoms with Crippen LogP contribution in [0.2, 0.25) is 5.02 Å². The summed E-state index contributed by atoms with van der Waals surface area (Å²) in [4.78, 5) is 1.08. The van der Waals surface area contributed by atoms with E-state index in [4.69, 9.17) is 17.3 Å². The van der Waals surface area contributed by atoms with Crippen LogP contribution >= 0.6 is 11.6 Å². The first kappa shape index (κ1) is 12.8. The third-order valence-corrected chi connectivity index (χ3v) is 4.32. The number of aromatic nitrogens is 4. The van der Waals surface area contributed by atoms with Gasteiger partial charge in [-0.05, 0) is 17.3 Å². The second kappa shape index (κ2) is 4.54. The van der Waals surface area contributed by atoms with Crippen LogP contribution in [0.5, 0.6) is 0 Å². The van der Waals surface area contributed by atoms with Gasteiger partial charge in [-0.1, -0.05) is 17.7 Å². The molecule has 0 spiro atoms. The Bertz CT molecular complexity index is 662. The highest BCUT2D eigenvalue weighted by molar-refractivity contribution is 7.91. The van der Waals surface area contributed by atoms with E-state index in [1.54, 1.807) is 13.1 Å². The molecule has 9 heteroatoms. The summed E-state index contributed by atoms with van der Waals surface area (Å²) >= 11 is 5.86. The van der Waals surface area contributed by atoms with Gasteiger partial charge in [0.15, 0.2) is 15.7 Å². The number of hydrogen-bond acceptors (Lipinski definition) is 6. The van der Waals surface area contributed by atoms with E-state index in [0.29, 0.717) is 0 Å². The zero-order valence-corrected chi connectivity index (χ0v) is 11.0. The van der Waals surface area contributed by atoms with Crippen molar-refractivity contribution in [1.82, 2.24) is 20.2 Å². The van der Waals surface area contributed by atoms with Crippen LogP contribution in [0, 0.1) is 0 Å². The molecular weight excluding hydrogens is 278 g/mol. The Balaban J connectivity index is 2.43. The third kappa shape index (κ3) is 2.44. The molecule has 2 N–H and O–H groups in total. The summed E-state index contributed by atoms with van der Waals surface area (Å²) < 4.78 is 24.3. The van der Waals surface area contributed by atoms with Crippen molar-refractivity contribution in [1.29, 1.82) is 0 Å². The number of aryl methyl sites for hydroxylation is 1. The quantitative estimate of drug-likeness (QED) is 0.821. The molecule has 0 aliphatic carbocycles. The lowest BCUT2D eigenvalue weighted by Crippen LogP contribution is -2.10. The molecule has 0 saturated heterocycles. The van der Waals surface area contributed by atoms with Crippen LogP contribution < -0.4 is 5.73 Å². The number of benzene rings is 1. The van der Waals surface area contributed by atoms with Gasteiger partial charge in [0.1, 0.15) is 10.6 Å². The fourth-order valence-electron chi connectivity index (χ4n) is 1.48. The van der Waals surface area contributed by atoms with Gasteiger partial charge in [-0.15, -0.1) is 10.2 Å². The van der Waals surface area contributed by atoms with Gasteiger partial charge in [-0.2, -0.15) is 4.80 Å². The molecule has 0 radical (unpaired) electrons. The molecule has 0 aliphatic rings. The highest BCUT2D eigenvalue weighted by Gasteiger charge is 2.23. The third-order valence-electron chi connectivity index (χ3n) is 2.18. The van der Waals surface area contributed by atoms with Crippen molar-refractivity contribution in [2.75, 3.05) is 5.73 Å². The zero-order chi connectivity index (χ0) is 13.3. The van der Waals surface area contributed by atoms with E-state index in [9.17, 15) is 8.42 Å². The van der Waals surface area contributed by atoms with Crippen molar-refractivity contribution in [2.45, 2.75) is 10.6 Å². The second-order valence-corrected chi connectivity index (χ2v) is 5.95. The molecule has 0 aliphatic heterocycles. The number of tetrazole rings is 1. The highest BCUT2D eigenvalue weighted by Crippen LogP contribution is 2.29. The van der Waals surface area contributed by atoms with E-state index in [1.807, 2.05) is 0 Å². The Kier molecular flexibility index (Phi) is 3.22. The molecule has 0 saturated carbocycles. The molecule has 7 nitrogen and oxygen atoms in total. The van der Waals surface area contributed by atoms with Crippen molar-refractivity contribution < 1.29 is 8.42 Å². The normalized spacial score (nSPS) is 11.7. The van der Waals surface area contributed by atoms with E-state index >= 15 is 0 Å². The maximum Gasteiger partial charge on any atom is 0.190 e. The van der Waals surface area contributed by atoms with Crippen LogP contribution in [0.25, 0.3) is 0 Å². The smallest absolute Gasteiger partial charge is 0.190 e. The molecule has 0 atom stereocenters. The minimum atomic E-state index is -3.70. The largest absolute Gasteiger partial charge is 0.398 e. The molecule has 0 amide bonds. The predicted octanol–water partition coefficient (Wildman–Crippen LogP) is 0.420. The monoisotopic (exact) mass is 287 g/mol. The van der Waals surface area contributed by atoms with Gasteiger partial charge in [0.25, 0.3) is 0 Å². The van der Waals surface area contributed by atoms with E-state index in [-0.39, 0.29) is 21.4 Å². The lowest BCUT2D eigenvalue weighted by Gasteiger charge is -2.07. The number of sulfone groups is 1. The Morgan fingerprint density at radius 1 is 1.44 bits per heavy atom.